The predicted octanol–water partition coefficient (Wildman–Crippen LogP) is 6.94. The number of aryl methyl sites for hydroxylation is 3. The molecule has 1 spiro atoms. The standard InChI is InChI=1S/C34H35ClF2N4O4S/c1-19-14-23(29-28(38-19)25(17-46-29)31(43)44)22-15-21(35)4-5-27(22)45-13-12-41-20(2)39-26-6-7-32(3,16-24(26)30(41)42)40-10-8-33(9-11-40)18-34(33,36)37/h4-5,14-15,17H,6-13,16,18H2,1-3H3,(H,43,44)/t32-/m1/s1. The Kier molecular flexibility index (Phi) is 7.53. The zero-order chi connectivity index (χ0) is 32.6. The van der Waals surface area contributed by atoms with Gasteiger partial charge < -0.3 is 9.84 Å². The number of hydrogen-bond acceptors (Lipinski definition) is 7. The quantitative estimate of drug-likeness (QED) is 0.228. The average molecular weight is 669 g/mol. The molecule has 4 aromatic rings. The number of likely N-dealkylation sites (tertiary alicyclic amines) is 1. The number of carboxylic acids is 1. The third-order valence-corrected chi connectivity index (χ3v) is 11.6. The molecule has 8 nitrogen and oxygen atoms in total. The minimum absolute atomic E-state index is 0.00704. The highest BCUT2D eigenvalue weighted by Crippen LogP contribution is 2.66. The summed E-state index contributed by atoms with van der Waals surface area (Å²) in [5, 5.41) is 11.8. The predicted molar refractivity (Wildman–Crippen MR) is 174 cm³/mol. The van der Waals surface area contributed by atoms with Gasteiger partial charge in [0.2, 0.25) is 0 Å². The second-order valence-corrected chi connectivity index (χ2v) is 14.6. The lowest BCUT2D eigenvalue weighted by molar-refractivity contribution is -0.00315. The van der Waals surface area contributed by atoms with Gasteiger partial charge in [-0.2, -0.15) is 0 Å². The third-order valence-electron chi connectivity index (χ3n) is 10.4. The van der Waals surface area contributed by atoms with Gasteiger partial charge in [0.25, 0.3) is 11.5 Å². The molecule has 0 amide bonds. The summed E-state index contributed by atoms with van der Waals surface area (Å²) in [5.41, 5.74) is 3.06. The Hall–Kier alpha value is -3.41. The summed E-state index contributed by atoms with van der Waals surface area (Å²) in [7, 11) is 0. The van der Waals surface area contributed by atoms with Gasteiger partial charge in [0.15, 0.2) is 0 Å². The fraction of sp³-hybridized carbons (Fsp3) is 0.471. The van der Waals surface area contributed by atoms with Crippen molar-refractivity contribution in [1.29, 1.82) is 0 Å². The molecule has 7 rings (SSSR count). The van der Waals surface area contributed by atoms with Crippen LogP contribution in [0.5, 0.6) is 5.75 Å². The summed E-state index contributed by atoms with van der Waals surface area (Å²) < 4.78 is 36.7. The van der Waals surface area contributed by atoms with Crippen molar-refractivity contribution in [1.82, 2.24) is 19.4 Å². The molecule has 1 aliphatic heterocycles. The van der Waals surface area contributed by atoms with Crippen LogP contribution in [0.3, 0.4) is 0 Å². The van der Waals surface area contributed by atoms with Gasteiger partial charge in [-0.15, -0.1) is 11.3 Å². The van der Waals surface area contributed by atoms with Crippen molar-refractivity contribution < 1.29 is 23.4 Å². The number of thiophene rings is 1. The van der Waals surface area contributed by atoms with E-state index in [4.69, 9.17) is 21.3 Å². The normalized spacial score (nSPS) is 21.8. The number of carbonyl (C=O) groups is 1. The maximum Gasteiger partial charge on any atom is 0.338 e. The molecular weight excluding hydrogens is 634 g/mol. The van der Waals surface area contributed by atoms with Gasteiger partial charge in [0, 0.05) is 50.2 Å². The Labute approximate surface area is 274 Å². The van der Waals surface area contributed by atoms with Gasteiger partial charge in [-0.1, -0.05) is 11.6 Å². The van der Waals surface area contributed by atoms with Crippen LogP contribution in [0.1, 0.15) is 65.7 Å². The monoisotopic (exact) mass is 668 g/mol. The molecule has 1 atom stereocenters. The van der Waals surface area contributed by atoms with E-state index in [9.17, 15) is 23.5 Å². The highest BCUT2D eigenvalue weighted by molar-refractivity contribution is 7.18. The second kappa shape index (κ2) is 11.1. The van der Waals surface area contributed by atoms with Crippen LogP contribution < -0.4 is 10.3 Å². The Morgan fingerprint density at radius 1 is 1.13 bits per heavy atom. The van der Waals surface area contributed by atoms with Gasteiger partial charge >= 0.3 is 5.97 Å². The smallest absolute Gasteiger partial charge is 0.338 e. The van der Waals surface area contributed by atoms with Crippen LogP contribution >= 0.6 is 22.9 Å². The number of nitrogens with zero attached hydrogens (tertiary/aromatic N) is 4. The number of aromatic nitrogens is 3. The zero-order valence-electron chi connectivity index (χ0n) is 26.0. The topological polar surface area (TPSA) is 97.6 Å². The van der Waals surface area contributed by atoms with Crippen molar-refractivity contribution in [3.8, 4) is 16.9 Å². The van der Waals surface area contributed by atoms with E-state index >= 15 is 0 Å². The highest BCUT2D eigenvalue weighted by Gasteiger charge is 2.71. The minimum Gasteiger partial charge on any atom is -0.491 e. The molecule has 2 aliphatic carbocycles. The van der Waals surface area contributed by atoms with Crippen molar-refractivity contribution in [2.75, 3.05) is 19.7 Å². The van der Waals surface area contributed by atoms with Crippen LogP contribution in [-0.4, -0.2) is 61.7 Å². The Morgan fingerprint density at radius 2 is 1.87 bits per heavy atom. The largest absolute Gasteiger partial charge is 0.491 e. The van der Waals surface area contributed by atoms with Crippen molar-refractivity contribution in [3.05, 3.63) is 73.4 Å². The van der Waals surface area contributed by atoms with E-state index in [2.05, 4.69) is 16.8 Å². The van der Waals surface area contributed by atoms with E-state index < -0.39 is 17.3 Å². The average Bonchev–Trinajstić information content (AvgIpc) is 3.30. The molecular formula is C34H35ClF2N4O4S. The highest BCUT2D eigenvalue weighted by atomic mass is 35.5. The number of benzene rings is 1. The van der Waals surface area contributed by atoms with Crippen LogP contribution in [0.2, 0.25) is 5.02 Å². The van der Waals surface area contributed by atoms with Crippen molar-refractivity contribution in [2.45, 2.75) is 77.3 Å². The summed E-state index contributed by atoms with van der Waals surface area (Å²) in [4.78, 5) is 37.3. The first-order valence-electron chi connectivity index (χ1n) is 15.6. The van der Waals surface area contributed by atoms with E-state index in [0.717, 1.165) is 22.4 Å². The number of hydrogen-bond donors (Lipinski definition) is 1. The number of ether oxygens (including phenoxy) is 1. The minimum atomic E-state index is -2.53. The number of aromatic carboxylic acids is 1. The fourth-order valence-corrected chi connectivity index (χ4v) is 8.69. The lowest BCUT2D eigenvalue weighted by atomic mass is 9.78. The second-order valence-electron chi connectivity index (χ2n) is 13.3. The number of fused-ring (bicyclic) bond motifs is 2. The molecule has 12 heteroatoms. The van der Waals surface area contributed by atoms with E-state index in [-0.39, 0.29) is 36.2 Å². The first kappa shape index (κ1) is 31.2. The molecule has 1 aromatic carbocycles. The van der Waals surface area contributed by atoms with E-state index in [1.54, 1.807) is 28.1 Å². The first-order chi connectivity index (χ1) is 21.8. The van der Waals surface area contributed by atoms with Gasteiger partial charge in [-0.05, 0) is 90.2 Å². The number of piperidine rings is 1. The summed E-state index contributed by atoms with van der Waals surface area (Å²) in [6, 6.07) is 7.18. The van der Waals surface area contributed by atoms with Crippen LogP contribution in [0.15, 0.2) is 34.4 Å². The van der Waals surface area contributed by atoms with Crippen LogP contribution in [0.4, 0.5) is 8.78 Å². The molecule has 46 heavy (non-hydrogen) atoms. The zero-order valence-corrected chi connectivity index (χ0v) is 27.5. The maximum absolute atomic E-state index is 14.0. The van der Waals surface area contributed by atoms with Gasteiger partial charge in [0.1, 0.15) is 18.2 Å². The number of alkyl halides is 2. The fourth-order valence-electron chi connectivity index (χ4n) is 7.50. The molecule has 1 N–H and O–H groups in total. The number of carboxylic acid groups (broad SMARTS) is 1. The molecule has 2 fully saturated rings. The van der Waals surface area contributed by atoms with Crippen molar-refractivity contribution in [3.63, 3.8) is 0 Å². The van der Waals surface area contributed by atoms with Crippen molar-refractivity contribution >= 4 is 39.1 Å². The molecule has 4 heterocycles. The number of rotatable bonds is 7. The maximum atomic E-state index is 14.0. The first-order valence-corrected chi connectivity index (χ1v) is 16.8. The molecule has 1 saturated carbocycles. The van der Waals surface area contributed by atoms with Gasteiger partial charge in [0.05, 0.1) is 28.0 Å². The van der Waals surface area contributed by atoms with Crippen molar-refractivity contribution in [2.24, 2.45) is 5.41 Å². The molecule has 0 bridgehead atoms. The van der Waals surface area contributed by atoms with E-state index in [1.807, 2.05) is 19.9 Å². The Morgan fingerprint density at radius 3 is 2.57 bits per heavy atom. The Balaban J connectivity index is 1.11. The summed E-state index contributed by atoms with van der Waals surface area (Å²) >= 11 is 7.71. The number of pyridine rings is 1. The van der Waals surface area contributed by atoms with E-state index in [1.165, 1.54) is 11.3 Å². The lowest BCUT2D eigenvalue weighted by Crippen LogP contribution is -2.55. The molecule has 242 valence electrons. The molecule has 3 aliphatic rings. The van der Waals surface area contributed by atoms with Gasteiger partial charge in [-0.3, -0.25) is 19.2 Å². The third kappa shape index (κ3) is 5.20. The molecule has 0 unspecified atom stereocenters. The van der Waals surface area contributed by atoms with Crippen LogP contribution in [0, 0.1) is 19.3 Å². The summed E-state index contributed by atoms with van der Waals surface area (Å²) in [5.74, 6) is -2.39. The summed E-state index contributed by atoms with van der Waals surface area (Å²) in [6.07, 6.45) is 3.06. The van der Waals surface area contributed by atoms with E-state index in [0.29, 0.717) is 77.7 Å². The van der Waals surface area contributed by atoms with Gasteiger partial charge in [-0.25, -0.2) is 18.6 Å². The SMILES string of the molecule is Cc1cc(-c2cc(Cl)ccc2OCCn2c(C)nc3c(c2=O)C[C@](C)(N2CCC4(CC2)CC4(F)F)CC3)c2scc(C(=O)O)c2n1. The van der Waals surface area contributed by atoms with Crippen LogP contribution in [-0.2, 0) is 19.4 Å². The summed E-state index contributed by atoms with van der Waals surface area (Å²) in [6.45, 7) is 7.51. The Bertz CT molecular complexity index is 1950. The molecule has 1 saturated heterocycles. The molecule has 3 aromatic heterocycles. The number of halogens is 3. The molecule has 0 radical (unpaired) electrons. The van der Waals surface area contributed by atoms with Crippen LogP contribution in [0.25, 0.3) is 21.3 Å². The lowest BCUT2D eigenvalue weighted by Gasteiger charge is -2.47.